The van der Waals surface area contributed by atoms with E-state index in [9.17, 15) is 11.0 Å². The largest absolute Gasteiger partial charge is 0.383 e. The summed E-state index contributed by atoms with van der Waals surface area (Å²) < 4.78 is 25.5. The minimum Gasteiger partial charge on any atom is -0.383 e. The molecule has 6 rings (SSSR count). The second-order valence-corrected chi connectivity index (χ2v) is 11.8. The van der Waals surface area contributed by atoms with Crippen molar-refractivity contribution in [3.8, 4) is 17.2 Å². The van der Waals surface area contributed by atoms with Gasteiger partial charge in [0.2, 0.25) is 0 Å². The molecule has 0 aliphatic heterocycles. The molecule has 0 saturated heterocycles. The van der Waals surface area contributed by atoms with Crippen molar-refractivity contribution in [2.75, 3.05) is 17.2 Å². The van der Waals surface area contributed by atoms with Gasteiger partial charge in [-0.1, -0.05) is 38.1 Å². The number of nitrogens with zero attached hydrogens (tertiary/aromatic N) is 7. The number of aryl methyl sites for hydroxylation is 1. The zero-order valence-electron chi connectivity index (χ0n) is 25.0. The molecule has 0 radical (unpaired) electrons. The Balaban J connectivity index is 1.55. The number of anilines is 2. The van der Waals surface area contributed by atoms with Crippen LogP contribution in [0.3, 0.4) is 0 Å². The first kappa shape index (κ1) is 26.0. The van der Waals surface area contributed by atoms with E-state index in [0.717, 1.165) is 24.0 Å². The van der Waals surface area contributed by atoms with Crippen LogP contribution in [-0.2, 0) is 0 Å². The Kier molecular flexibility index (Phi) is 6.70. The lowest BCUT2D eigenvalue weighted by atomic mass is 9.95. The Morgan fingerprint density at radius 1 is 1.12 bits per heavy atom. The van der Waals surface area contributed by atoms with Gasteiger partial charge in [0, 0.05) is 47.3 Å². The second kappa shape index (κ2) is 10.8. The normalized spacial score (nSPS) is 15.1. The minimum atomic E-state index is -1.62. The van der Waals surface area contributed by atoms with Crippen molar-refractivity contribution in [1.82, 2.24) is 29.9 Å². The predicted octanol–water partition coefficient (Wildman–Crippen LogP) is 6.60. The third kappa shape index (κ3) is 5.77. The maximum Gasteiger partial charge on any atom is 0.125 e. The van der Waals surface area contributed by atoms with E-state index >= 15 is 0 Å². The second-order valence-electron chi connectivity index (χ2n) is 11.8. The van der Waals surface area contributed by atoms with E-state index in [4.69, 9.17) is 0 Å². The summed E-state index contributed by atoms with van der Waals surface area (Å²) in [6.45, 7) is 8.78. The van der Waals surface area contributed by atoms with E-state index in [2.05, 4.69) is 62.7 Å². The van der Waals surface area contributed by atoms with Gasteiger partial charge >= 0.3 is 0 Å². The van der Waals surface area contributed by atoms with Crippen molar-refractivity contribution in [1.29, 1.82) is 5.26 Å². The van der Waals surface area contributed by atoms with Crippen LogP contribution in [0.25, 0.3) is 22.0 Å². The van der Waals surface area contributed by atoms with Crippen molar-refractivity contribution in [3.63, 3.8) is 0 Å². The van der Waals surface area contributed by atoms with E-state index in [0.29, 0.717) is 51.5 Å². The Bertz CT molecular complexity index is 1840. The SMILES string of the molecule is [2H]C(Nc1cc(-c2cnc(C)nc2)c2ncc(C#N)c(NCC(C)(C)C)c2c1)(c1ccc(F)cc1)c1cn(C2CC2)nn1. The maximum absolute atomic E-state index is 14.0. The standard InChI is InChI=1S/C32H32FN9/c1-19-35-15-22(16-36-19)26-11-24(12-27-29(38-18-32(2,3)4)21(13-34)14-37-31(26)27)39-30(20-5-7-23(33)8-6-20)28-17-42(41-40-28)25-9-10-25/h5-8,11-12,14-17,25,30,39H,9-10,18H2,1-4H3,(H,37,38)/i30D. The molecule has 1 aliphatic carbocycles. The molecule has 2 N–H and O–H groups in total. The van der Waals surface area contributed by atoms with Crippen molar-refractivity contribution in [2.24, 2.45) is 5.41 Å². The number of halogens is 1. The van der Waals surface area contributed by atoms with Crippen LogP contribution in [-0.4, -0.2) is 36.5 Å². The van der Waals surface area contributed by atoms with Crippen LogP contribution < -0.4 is 10.6 Å². The quantitative estimate of drug-likeness (QED) is 0.217. The Morgan fingerprint density at radius 2 is 1.86 bits per heavy atom. The summed E-state index contributed by atoms with van der Waals surface area (Å²) in [5, 5.41) is 26.2. The van der Waals surface area contributed by atoms with E-state index < -0.39 is 11.8 Å². The predicted molar refractivity (Wildman–Crippen MR) is 160 cm³/mol. The summed E-state index contributed by atoms with van der Waals surface area (Å²) in [5.74, 6) is 0.236. The van der Waals surface area contributed by atoms with E-state index in [1.165, 1.54) is 12.1 Å². The highest BCUT2D eigenvalue weighted by Gasteiger charge is 2.27. The van der Waals surface area contributed by atoms with Gasteiger partial charge in [-0.3, -0.25) is 4.98 Å². The van der Waals surface area contributed by atoms with Gasteiger partial charge in [-0.25, -0.2) is 19.0 Å². The molecule has 9 nitrogen and oxygen atoms in total. The molecule has 0 spiro atoms. The van der Waals surface area contributed by atoms with Crippen LogP contribution >= 0.6 is 0 Å². The third-order valence-electron chi connectivity index (χ3n) is 7.07. The molecular formula is C32H32FN9. The third-order valence-corrected chi connectivity index (χ3v) is 7.07. The first-order chi connectivity index (χ1) is 20.5. The summed E-state index contributed by atoms with van der Waals surface area (Å²) >= 11 is 0. The van der Waals surface area contributed by atoms with Gasteiger partial charge in [0.1, 0.15) is 23.4 Å². The zero-order chi connectivity index (χ0) is 30.4. The number of hydrogen-bond acceptors (Lipinski definition) is 8. The highest BCUT2D eigenvalue weighted by Crippen LogP contribution is 2.39. The molecule has 10 heteroatoms. The monoisotopic (exact) mass is 562 g/mol. The van der Waals surface area contributed by atoms with E-state index in [1.54, 1.807) is 41.6 Å². The fourth-order valence-corrected chi connectivity index (χ4v) is 4.71. The number of fused-ring (bicyclic) bond motifs is 1. The molecule has 212 valence electrons. The number of hydrogen-bond donors (Lipinski definition) is 2. The molecule has 2 aromatic carbocycles. The highest BCUT2D eigenvalue weighted by atomic mass is 19.1. The molecule has 0 bridgehead atoms. The highest BCUT2D eigenvalue weighted by molar-refractivity contribution is 6.04. The smallest absolute Gasteiger partial charge is 0.125 e. The van der Waals surface area contributed by atoms with Crippen LogP contribution in [0.5, 0.6) is 0 Å². The van der Waals surface area contributed by atoms with Gasteiger partial charge in [0.05, 0.1) is 36.4 Å². The lowest BCUT2D eigenvalue weighted by Gasteiger charge is -2.23. The molecule has 42 heavy (non-hydrogen) atoms. The first-order valence-electron chi connectivity index (χ1n) is 14.4. The summed E-state index contributed by atoms with van der Waals surface area (Å²) in [5.41, 5.74) is 4.55. The molecule has 1 unspecified atom stereocenters. The zero-order valence-corrected chi connectivity index (χ0v) is 24.0. The van der Waals surface area contributed by atoms with Gasteiger partial charge in [-0.15, -0.1) is 5.10 Å². The lowest BCUT2D eigenvalue weighted by molar-refractivity contribution is 0.443. The fourth-order valence-electron chi connectivity index (χ4n) is 4.71. The molecular weight excluding hydrogens is 529 g/mol. The van der Waals surface area contributed by atoms with Crippen LogP contribution in [0.15, 0.2) is 61.2 Å². The molecule has 0 amide bonds. The Morgan fingerprint density at radius 3 is 2.52 bits per heavy atom. The average Bonchev–Trinajstić information content (AvgIpc) is 3.71. The van der Waals surface area contributed by atoms with E-state index in [1.807, 2.05) is 19.1 Å². The summed E-state index contributed by atoms with van der Waals surface area (Å²) in [6, 6.07) is 10.5. The molecule has 1 atom stereocenters. The number of benzene rings is 2. The van der Waals surface area contributed by atoms with Crippen molar-refractivity contribution in [3.05, 3.63) is 89.6 Å². The summed E-state index contributed by atoms with van der Waals surface area (Å²) in [6.07, 6.45) is 8.85. The molecule has 5 aromatic rings. The summed E-state index contributed by atoms with van der Waals surface area (Å²) in [7, 11) is 0. The van der Waals surface area contributed by atoms with Crippen molar-refractivity contribution >= 4 is 22.3 Å². The molecule has 1 aliphatic rings. The molecule has 3 aromatic heterocycles. The van der Waals surface area contributed by atoms with Gasteiger partial charge in [-0.2, -0.15) is 5.26 Å². The topological polar surface area (TPSA) is 117 Å². The van der Waals surface area contributed by atoms with Crippen molar-refractivity contribution in [2.45, 2.75) is 52.6 Å². The van der Waals surface area contributed by atoms with Crippen LogP contribution in [0.4, 0.5) is 15.8 Å². The molecule has 1 saturated carbocycles. The maximum atomic E-state index is 14.0. The van der Waals surface area contributed by atoms with Gasteiger partial charge in [0.15, 0.2) is 0 Å². The minimum absolute atomic E-state index is 0.0574. The van der Waals surface area contributed by atoms with Crippen LogP contribution in [0.2, 0.25) is 0 Å². The number of aromatic nitrogens is 6. The number of rotatable bonds is 8. The summed E-state index contributed by atoms with van der Waals surface area (Å²) in [4.78, 5) is 13.5. The van der Waals surface area contributed by atoms with E-state index in [-0.39, 0.29) is 11.5 Å². The van der Waals surface area contributed by atoms with Crippen molar-refractivity contribution < 1.29 is 5.76 Å². The lowest BCUT2D eigenvalue weighted by Crippen LogP contribution is -2.20. The number of nitriles is 1. The van der Waals surface area contributed by atoms with Gasteiger partial charge in [-0.05, 0) is 55.0 Å². The van der Waals surface area contributed by atoms with Gasteiger partial charge in [0.25, 0.3) is 0 Å². The first-order valence-corrected chi connectivity index (χ1v) is 13.9. The average molecular weight is 563 g/mol. The molecule has 1 fully saturated rings. The fraction of sp³-hybridized carbons (Fsp3) is 0.312. The number of nitrogens with one attached hydrogen (secondary N) is 2. The number of pyridine rings is 1. The Labute approximate surface area is 245 Å². The Hall–Kier alpha value is -4.91. The van der Waals surface area contributed by atoms with Gasteiger partial charge < -0.3 is 10.6 Å². The van der Waals surface area contributed by atoms with Crippen LogP contribution in [0.1, 0.15) is 69.7 Å². The molecule has 3 heterocycles. The van der Waals surface area contributed by atoms with Crippen LogP contribution in [0, 0.1) is 29.5 Å².